The highest BCUT2D eigenvalue weighted by Crippen LogP contribution is 2.27. The summed E-state index contributed by atoms with van der Waals surface area (Å²) < 4.78 is 25.2. The maximum atomic E-state index is 12.4. The summed E-state index contributed by atoms with van der Waals surface area (Å²) in [6.07, 6.45) is 3.74. The van der Waals surface area contributed by atoms with Crippen molar-refractivity contribution in [3.8, 4) is 0 Å². The van der Waals surface area contributed by atoms with Crippen LogP contribution in [0.1, 0.15) is 39.8 Å². The first-order valence-electron chi connectivity index (χ1n) is 8.11. The number of aryl methyl sites for hydroxylation is 1. The number of hydrogen-bond acceptors (Lipinski definition) is 4. The minimum absolute atomic E-state index is 0.111. The molecule has 2 heterocycles. The standard InChI is InChI=1S/C18H18Cl2N2O3S/c1-11-15(4-6-18(23)13-3-5-16(19)17(20)9-13)12(2)22(21-11)14-7-8-26(24,25)10-14/h3-6,9,14H,7-8,10H2,1-2H3/b6-4+/t14-/m1/s1. The van der Waals surface area contributed by atoms with Crippen molar-refractivity contribution in [2.45, 2.75) is 26.3 Å². The maximum absolute atomic E-state index is 12.4. The van der Waals surface area contributed by atoms with Gasteiger partial charge in [-0.15, -0.1) is 0 Å². The highest BCUT2D eigenvalue weighted by molar-refractivity contribution is 7.91. The second-order valence-corrected chi connectivity index (χ2v) is 9.46. The Morgan fingerprint density at radius 3 is 2.62 bits per heavy atom. The van der Waals surface area contributed by atoms with E-state index in [2.05, 4.69) is 5.10 Å². The summed E-state index contributed by atoms with van der Waals surface area (Å²) in [6, 6.07) is 4.59. The molecule has 0 radical (unpaired) electrons. The number of rotatable bonds is 4. The van der Waals surface area contributed by atoms with Crippen LogP contribution >= 0.6 is 23.2 Å². The predicted octanol–water partition coefficient (Wildman–Crippen LogP) is 4.06. The van der Waals surface area contributed by atoms with Crippen molar-refractivity contribution in [3.05, 3.63) is 56.8 Å². The van der Waals surface area contributed by atoms with Crippen LogP contribution in [0.15, 0.2) is 24.3 Å². The van der Waals surface area contributed by atoms with Gasteiger partial charge >= 0.3 is 0 Å². The third kappa shape index (κ3) is 3.87. The van der Waals surface area contributed by atoms with Crippen molar-refractivity contribution >= 4 is 44.9 Å². The summed E-state index contributed by atoms with van der Waals surface area (Å²) in [4.78, 5) is 12.4. The molecule has 0 aliphatic carbocycles. The summed E-state index contributed by atoms with van der Waals surface area (Å²) in [7, 11) is -2.99. The molecule has 3 rings (SSSR count). The van der Waals surface area contributed by atoms with E-state index < -0.39 is 9.84 Å². The van der Waals surface area contributed by atoms with Gasteiger partial charge in [0.05, 0.1) is 33.3 Å². The zero-order valence-electron chi connectivity index (χ0n) is 14.4. The number of hydrogen-bond donors (Lipinski definition) is 0. The monoisotopic (exact) mass is 412 g/mol. The first-order valence-corrected chi connectivity index (χ1v) is 10.7. The third-order valence-corrected chi connectivity index (χ3v) is 7.03. The molecule has 0 bridgehead atoms. The van der Waals surface area contributed by atoms with Gasteiger partial charge in [-0.25, -0.2) is 8.42 Å². The highest BCUT2D eigenvalue weighted by atomic mass is 35.5. The number of carbonyl (C=O) groups excluding carboxylic acids is 1. The Kier molecular flexibility index (Phi) is 5.28. The van der Waals surface area contributed by atoms with Gasteiger partial charge in [-0.3, -0.25) is 9.48 Å². The Morgan fingerprint density at radius 1 is 1.27 bits per heavy atom. The van der Waals surface area contributed by atoms with E-state index in [1.807, 2.05) is 13.8 Å². The smallest absolute Gasteiger partial charge is 0.185 e. The molecule has 138 valence electrons. The lowest BCUT2D eigenvalue weighted by atomic mass is 10.1. The van der Waals surface area contributed by atoms with Gasteiger partial charge in [0, 0.05) is 16.8 Å². The Labute approximate surface area is 162 Å². The van der Waals surface area contributed by atoms with Crippen LogP contribution in [0.4, 0.5) is 0 Å². The quantitative estimate of drug-likeness (QED) is 0.560. The van der Waals surface area contributed by atoms with Crippen LogP contribution in [0.2, 0.25) is 10.0 Å². The van der Waals surface area contributed by atoms with E-state index in [1.54, 1.807) is 22.9 Å². The van der Waals surface area contributed by atoms with Gasteiger partial charge in [-0.1, -0.05) is 23.2 Å². The molecule has 1 aromatic carbocycles. The first kappa shape index (κ1) is 19.1. The lowest BCUT2D eigenvalue weighted by molar-refractivity contribution is 0.104. The van der Waals surface area contributed by atoms with Crippen molar-refractivity contribution in [1.82, 2.24) is 9.78 Å². The second-order valence-electron chi connectivity index (χ2n) is 6.41. The number of sulfone groups is 1. The van der Waals surface area contributed by atoms with Crippen molar-refractivity contribution < 1.29 is 13.2 Å². The van der Waals surface area contributed by atoms with Crippen LogP contribution in [0.3, 0.4) is 0 Å². The summed E-state index contributed by atoms with van der Waals surface area (Å²) in [5, 5.41) is 5.21. The lowest BCUT2D eigenvalue weighted by Crippen LogP contribution is -2.13. The molecule has 0 saturated carbocycles. The molecule has 0 spiro atoms. The maximum Gasteiger partial charge on any atom is 0.185 e. The van der Waals surface area contributed by atoms with Crippen molar-refractivity contribution in [3.63, 3.8) is 0 Å². The van der Waals surface area contributed by atoms with Crippen LogP contribution in [-0.2, 0) is 9.84 Å². The second kappa shape index (κ2) is 7.18. The van der Waals surface area contributed by atoms with Gasteiger partial charge in [0.1, 0.15) is 0 Å². The SMILES string of the molecule is Cc1nn([C@@H]2CCS(=O)(=O)C2)c(C)c1/C=C/C(=O)c1ccc(Cl)c(Cl)c1. The fourth-order valence-corrected chi connectivity index (χ4v) is 5.14. The summed E-state index contributed by atoms with van der Waals surface area (Å²) in [5.41, 5.74) is 2.87. The Bertz CT molecular complexity index is 1010. The van der Waals surface area contributed by atoms with Crippen LogP contribution in [0.5, 0.6) is 0 Å². The molecular formula is C18H18Cl2N2O3S. The molecule has 1 aromatic heterocycles. The van der Waals surface area contributed by atoms with Crippen LogP contribution in [-0.4, -0.2) is 35.5 Å². The van der Waals surface area contributed by atoms with E-state index in [4.69, 9.17) is 23.2 Å². The molecule has 2 aromatic rings. The number of carbonyl (C=O) groups is 1. The summed E-state index contributed by atoms with van der Waals surface area (Å²) in [6.45, 7) is 3.73. The first-order chi connectivity index (χ1) is 12.2. The number of benzene rings is 1. The van der Waals surface area contributed by atoms with Crippen LogP contribution in [0.25, 0.3) is 6.08 Å². The minimum Gasteiger partial charge on any atom is -0.289 e. The van der Waals surface area contributed by atoms with Crippen molar-refractivity contribution in [2.24, 2.45) is 0 Å². The average Bonchev–Trinajstić information content (AvgIpc) is 3.07. The van der Waals surface area contributed by atoms with Gasteiger partial charge in [0.15, 0.2) is 15.6 Å². The van der Waals surface area contributed by atoms with Crippen molar-refractivity contribution in [1.29, 1.82) is 0 Å². The predicted molar refractivity (Wildman–Crippen MR) is 104 cm³/mol. The Morgan fingerprint density at radius 2 is 2.00 bits per heavy atom. The summed E-state index contributed by atoms with van der Waals surface area (Å²) >= 11 is 11.8. The molecule has 8 heteroatoms. The average molecular weight is 413 g/mol. The molecule has 1 fully saturated rings. The van der Waals surface area contributed by atoms with Gasteiger partial charge in [-0.2, -0.15) is 5.10 Å². The fraction of sp³-hybridized carbons (Fsp3) is 0.333. The Balaban J connectivity index is 1.85. The molecule has 0 unspecified atom stereocenters. The van der Waals surface area contributed by atoms with Gasteiger partial charge in [-0.05, 0) is 50.6 Å². The molecule has 1 saturated heterocycles. The van der Waals surface area contributed by atoms with E-state index >= 15 is 0 Å². The largest absolute Gasteiger partial charge is 0.289 e. The lowest BCUT2D eigenvalue weighted by Gasteiger charge is -2.10. The molecule has 1 aliphatic rings. The molecule has 26 heavy (non-hydrogen) atoms. The number of aromatic nitrogens is 2. The highest BCUT2D eigenvalue weighted by Gasteiger charge is 2.31. The van der Waals surface area contributed by atoms with Gasteiger partial charge in [0.25, 0.3) is 0 Å². The van der Waals surface area contributed by atoms with E-state index in [0.29, 0.717) is 22.0 Å². The zero-order chi connectivity index (χ0) is 19.1. The topological polar surface area (TPSA) is 69.0 Å². The minimum atomic E-state index is -2.99. The van der Waals surface area contributed by atoms with Gasteiger partial charge < -0.3 is 0 Å². The molecule has 1 aliphatic heterocycles. The molecule has 0 N–H and O–H groups in total. The van der Waals surface area contributed by atoms with Crippen LogP contribution < -0.4 is 0 Å². The van der Waals surface area contributed by atoms with Crippen molar-refractivity contribution in [2.75, 3.05) is 11.5 Å². The summed E-state index contributed by atoms with van der Waals surface area (Å²) in [5.74, 6) is 0.107. The van der Waals surface area contributed by atoms with Crippen LogP contribution in [0, 0.1) is 13.8 Å². The Hall–Kier alpha value is -1.63. The molecule has 5 nitrogen and oxygen atoms in total. The van der Waals surface area contributed by atoms with E-state index in [0.717, 1.165) is 17.0 Å². The van der Waals surface area contributed by atoms with Gasteiger partial charge in [0.2, 0.25) is 0 Å². The molecule has 0 amide bonds. The molecular weight excluding hydrogens is 395 g/mol. The van der Waals surface area contributed by atoms with E-state index in [-0.39, 0.29) is 23.3 Å². The normalized spacial score (nSPS) is 19.3. The number of allylic oxidation sites excluding steroid dienone is 1. The fourth-order valence-electron chi connectivity index (χ4n) is 3.15. The zero-order valence-corrected chi connectivity index (χ0v) is 16.7. The number of nitrogens with zero attached hydrogens (tertiary/aromatic N) is 2. The third-order valence-electron chi connectivity index (χ3n) is 4.54. The number of ketones is 1. The number of halogens is 2. The molecule has 1 atom stereocenters. The van der Waals surface area contributed by atoms with E-state index in [9.17, 15) is 13.2 Å². The van der Waals surface area contributed by atoms with E-state index in [1.165, 1.54) is 12.1 Å².